The quantitative estimate of drug-likeness (QED) is 0.885. The van der Waals surface area contributed by atoms with Crippen LogP contribution in [0.15, 0.2) is 30.3 Å². The maximum absolute atomic E-state index is 14.4. The second-order valence-electron chi connectivity index (χ2n) is 5.29. The molecule has 20 heavy (non-hydrogen) atoms. The molecule has 0 amide bonds. The highest BCUT2D eigenvalue weighted by molar-refractivity contribution is 5.73. The Hall–Kier alpha value is -2.03. The first kappa shape index (κ1) is 13.0. The molecule has 0 radical (unpaired) electrons. The lowest BCUT2D eigenvalue weighted by Crippen LogP contribution is -1.94. The van der Waals surface area contributed by atoms with Crippen LogP contribution in [0.2, 0.25) is 0 Å². The van der Waals surface area contributed by atoms with Crippen molar-refractivity contribution in [2.75, 3.05) is 7.11 Å². The van der Waals surface area contributed by atoms with E-state index in [1.54, 1.807) is 12.1 Å². The molecule has 1 aliphatic carbocycles. The Morgan fingerprint density at radius 3 is 2.75 bits per heavy atom. The van der Waals surface area contributed by atoms with Gasteiger partial charge in [-0.2, -0.15) is 0 Å². The van der Waals surface area contributed by atoms with E-state index in [2.05, 4.69) is 13.0 Å². The molecule has 0 aliphatic heterocycles. The number of phenolic OH excluding ortho intramolecular Hbond substituents is 1. The third-order valence-electron chi connectivity index (χ3n) is 4.16. The Labute approximate surface area is 117 Å². The predicted octanol–water partition coefficient (Wildman–Crippen LogP) is 4.26. The molecule has 1 aliphatic rings. The summed E-state index contributed by atoms with van der Waals surface area (Å²) >= 11 is 0. The van der Waals surface area contributed by atoms with E-state index in [1.165, 1.54) is 18.2 Å². The minimum absolute atomic E-state index is 0.159. The number of hydrogen-bond acceptors (Lipinski definition) is 2. The van der Waals surface area contributed by atoms with Crippen molar-refractivity contribution in [3.05, 3.63) is 47.3 Å². The zero-order valence-electron chi connectivity index (χ0n) is 11.6. The maximum atomic E-state index is 14.4. The van der Waals surface area contributed by atoms with Crippen molar-refractivity contribution in [3.63, 3.8) is 0 Å². The van der Waals surface area contributed by atoms with Crippen LogP contribution in [0.1, 0.15) is 30.4 Å². The fraction of sp³-hybridized carbons (Fsp3) is 0.294. The first-order valence-corrected chi connectivity index (χ1v) is 6.81. The number of hydrogen-bond donors (Lipinski definition) is 1. The van der Waals surface area contributed by atoms with Gasteiger partial charge in [-0.3, -0.25) is 0 Å². The summed E-state index contributed by atoms with van der Waals surface area (Å²) in [7, 11) is 1.41. The van der Waals surface area contributed by atoms with Gasteiger partial charge in [0.1, 0.15) is 0 Å². The number of phenols is 1. The number of rotatable bonds is 2. The molecule has 3 rings (SSSR count). The van der Waals surface area contributed by atoms with E-state index in [4.69, 9.17) is 4.74 Å². The minimum atomic E-state index is -0.614. The summed E-state index contributed by atoms with van der Waals surface area (Å²) in [4.78, 5) is 0. The van der Waals surface area contributed by atoms with Gasteiger partial charge >= 0.3 is 0 Å². The SMILES string of the molecule is COc1ccc(-c2cccc3c2CC[C@@H]3C)c(F)c1O. The number of aromatic hydroxyl groups is 1. The normalized spacial score (nSPS) is 17.1. The van der Waals surface area contributed by atoms with Crippen molar-refractivity contribution in [1.82, 2.24) is 0 Å². The van der Waals surface area contributed by atoms with Crippen LogP contribution in [0, 0.1) is 5.82 Å². The lowest BCUT2D eigenvalue weighted by atomic mass is 9.94. The highest BCUT2D eigenvalue weighted by atomic mass is 19.1. The van der Waals surface area contributed by atoms with Crippen LogP contribution in [0.3, 0.4) is 0 Å². The largest absolute Gasteiger partial charge is 0.502 e. The average Bonchev–Trinajstić information content (AvgIpc) is 2.84. The van der Waals surface area contributed by atoms with E-state index >= 15 is 0 Å². The molecular weight excluding hydrogens is 255 g/mol. The molecule has 1 N–H and O–H groups in total. The predicted molar refractivity (Wildman–Crippen MR) is 76.8 cm³/mol. The molecular formula is C17H17FO2. The molecule has 0 saturated carbocycles. The smallest absolute Gasteiger partial charge is 0.194 e. The van der Waals surface area contributed by atoms with Crippen molar-refractivity contribution in [3.8, 4) is 22.6 Å². The molecule has 0 heterocycles. The zero-order chi connectivity index (χ0) is 14.3. The molecule has 2 aromatic carbocycles. The second-order valence-corrected chi connectivity index (χ2v) is 5.29. The first-order chi connectivity index (χ1) is 9.63. The molecule has 2 nitrogen and oxygen atoms in total. The monoisotopic (exact) mass is 272 g/mol. The van der Waals surface area contributed by atoms with E-state index in [-0.39, 0.29) is 5.75 Å². The van der Waals surface area contributed by atoms with E-state index in [1.807, 2.05) is 12.1 Å². The van der Waals surface area contributed by atoms with Crippen molar-refractivity contribution in [1.29, 1.82) is 0 Å². The molecule has 0 bridgehead atoms. The summed E-state index contributed by atoms with van der Waals surface area (Å²) in [6.07, 6.45) is 2.05. The van der Waals surface area contributed by atoms with Crippen molar-refractivity contribution in [2.45, 2.75) is 25.7 Å². The Morgan fingerprint density at radius 1 is 1.20 bits per heavy atom. The molecule has 3 heteroatoms. The fourth-order valence-electron chi connectivity index (χ4n) is 3.03. The van der Waals surface area contributed by atoms with Gasteiger partial charge in [0.15, 0.2) is 17.3 Å². The van der Waals surface area contributed by atoms with Gasteiger partial charge in [-0.25, -0.2) is 4.39 Å². The topological polar surface area (TPSA) is 29.5 Å². The summed E-state index contributed by atoms with van der Waals surface area (Å²) in [6.45, 7) is 2.19. The highest BCUT2D eigenvalue weighted by Crippen LogP contribution is 2.42. The van der Waals surface area contributed by atoms with Gasteiger partial charge in [-0.1, -0.05) is 25.1 Å². The molecule has 0 unspecified atom stereocenters. The van der Waals surface area contributed by atoms with Gasteiger partial charge in [0.25, 0.3) is 0 Å². The highest BCUT2D eigenvalue weighted by Gasteiger charge is 2.23. The standard InChI is InChI=1S/C17H17FO2/c1-10-6-7-13-11(10)4-3-5-12(13)14-8-9-15(20-2)17(19)16(14)18/h3-5,8-10,19H,6-7H2,1-2H3/t10-/m0/s1. The van der Waals surface area contributed by atoms with E-state index in [0.29, 0.717) is 11.5 Å². The van der Waals surface area contributed by atoms with E-state index < -0.39 is 11.6 Å². The molecule has 0 spiro atoms. The summed E-state index contributed by atoms with van der Waals surface area (Å²) < 4.78 is 19.3. The fourth-order valence-corrected chi connectivity index (χ4v) is 3.03. The van der Waals surface area contributed by atoms with Crippen molar-refractivity contribution >= 4 is 0 Å². The summed E-state index contributed by atoms with van der Waals surface area (Å²) in [5.41, 5.74) is 3.80. The van der Waals surface area contributed by atoms with Crippen LogP contribution in [0.4, 0.5) is 4.39 Å². The molecule has 0 saturated heterocycles. The lowest BCUT2D eigenvalue weighted by Gasteiger charge is -2.13. The van der Waals surface area contributed by atoms with Crippen LogP contribution in [-0.4, -0.2) is 12.2 Å². The summed E-state index contributed by atoms with van der Waals surface area (Å²) in [5.74, 6) is -0.363. The molecule has 2 aromatic rings. The van der Waals surface area contributed by atoms with Gasteiger partial charge < -0.3 is 9.84 Å². The van der Waals surface area contributed by atoms with Gasteiger partial charge in [-0.05, 0) is 47.6 Å². The summed E-state index contributed by atoms with van der Waals surface area (Å²) in [5, 5.41) is 9.84. The third-order valence-corrected chi connectivity index (χ3v) is 4.16. The van der Waals surface area contributed by atoms with Crippen LogP contribution >= 0.6 is 0 Å². The molecule has 0 aromatic heterocycles. The van der Waals surface area contributed by atoms with Gasteiger partial charge in [-0.15, -0.1) is 0 Å². The Balaban J connectivity index is 2.18. The van der Waals surface area contributed by atoms with Crippen LogP contribution < -0.4 is 4.74 Å². The average molecular weight is 272 g/mol. The van der Waals surface area contributed by atoms with Gasteiger partial charge in [0, 0.05) is 5.56 Å². The number of methoxy groups -OCH3 is 1. The number of ether oxygens (including phenoxy) is 1. The Bertz CT molecular complexity index is 664. The molecule has 1 atom stereocenters. The lowest BCUT2D eigenvalue weighted by molar-refractivity contribution is 0.357. The van der Waals surface area contributed by atoms with Crippen LogP contribution in [0.5, 0.6) is 11.5 Å². The number of fused-ring (bicyclic) bond motifs is 1. The van der Waals surface area contributed by atoms with Crippen molar-refractivity contribution < 1.29 is 14.2 Å². The Morgan fingerprint density at radius 2 is 2.00 bits per heavy atom. The summed E-state index contributed by atoms with van der Waals surface area (Å²) in [6, 6.07) is 9.26. The van der Waals surface area contributed by atoms with Gasteiger partial charge in [0.2, 0.25) is 0 Å². The first-order valence-electron chi connectivity index (χ1n) is 6.81. The van der Waals surface area contributed by atoms with Crippen LogP contribution in [-0.2, 0) is 6.42 Å². The molecule has 104 valence electrons. The third kappa shape index (κ3) is 1.85. The molecule has 0 fully saturated rings. The Kier molecular flexibility index (Phi) is 3.13. The zero-order valence-corrected chi connectivity index (χ0v) is 11.6. The number of halogens is 1. The van der Waals surface area contributed by atoms with Crippen molar-refractivity contribution in [2.24, 2.45) is 0 Å². The second kappa shape index (κ2) is 4.82. The van der Waals surface area contributed by atoms with Crippen LogP contribution in [0.25, 0.3) is 11.1 Å². The maximum Gasteiger partial charge on any atom is 0.194 e. The van der Waals surface area contributed by atoms with E-state index in [0.717, 1.165) is 18.4 Å². The van der Waals surface area contributed by atoms with Gasteiger partial charge in [0.05, 0.1) is 7.11 Å². The number of benzene rings is 2. The van der Waals surface area contributed by atoms with E-state index in [9.17, 15) is 9.50 Å². The minimum Gasteiger partial charge on any atom is -0.502 e.